The lowest BCUT2D eigenvalue weighted by Crippen LogP contribution is -2.28. The number of rotatable bonds is 1. The normalized spacial score (nSPS) is 17.3. The molecule has 0 bridgehead atoms. The highest BCUT2D eigenvalue weighted by atomic mass is 19.4. The molecule has 0 aromatic carbocycles. The highest BCUT2D eigenvalue weighted by molar-refractivity contribution is 5.07. The fourth-order valence-electron chi connectivity index (χ4n) is 1.32. The molecular weight excluding hydrogens is 297 g/mol. The molecule has 1 aromatic rings. The first-order valence-corrected chi connectivity index (χ1v) is 5.79. The highest BCUT2D eigenvalue weighted by Crippen LogP contribution is 2.24. The first-order valence-electron chi connectivity index (χ1n) is 5.79. The lowest BCUT2D eigenvalue weighted by molar-refractivity contribution is -0.139. The molecule has 10 heteroatoms. The van der Waals surface area contributed by atoms with Gasteiger partial charge in [-0.3, -0.25) is 9.78 Å². The zero-order chi connectivity index (χ0) is 16.5. The molecule has 1 atom stereocenters. The van der Waals surface area contributed by atoms with Crippen LogP contribution in [0.4, 0.5) is 13.2 Å². The van der Waals surface area contributed by atoms with Crippen molar-refractivity contribution < 1.29 is 27.8 Å². The first-order chi connectivity index (χ1) is 9.84. The smallest absolute Gasteiger partial charge is 0.400 e. The standard InChI is InChI=1S/C5H3F3N2O2.C5H10O2.CH4O/c6-5(7,8)2-1-9-4(12)10-3(2)11;1-6-5-2-3-7-4-5;1-2/h1H,(H2,9,10,11,12);5H,2-4H2,1H3;2H,1H3. The van der Waals surface area contributed by atoms with Crippen LogP contribution in [0, 0.1) is 0 Å². The van der Waals surface area contributed by atoms with Crippen LogP contribution in [0.15, 0.2) is 15.8 Å². The van der Waals surface area contributed by atoms with Gasteiger partial charge < -0.3 is 19.6 Å². The first kappa shape index (κ1) is 19.4. The Kier molecular flexibility index (Phi) is 8.58. The van der Waals surface area contributed by atoms with Crippen molar-refractivity contribution in [2.24, 2.45) is 0 Å². The topological polar surface area (TPSA) is 104 Å². The van der Waals surface area contributed by atoms with Crippen LogP contribution < -0.4 is 11.2 Å². The van der Waals surface area contributed by atoms with Crippen molar-refractivity contribution in [1.82, 2.24) is 9.97 Å². The third-order valence-electron chi connectivity index (χ3n) is 2.35. The van der Waals surface area contributed by atoms with Gasteiger partial charge in [-0.2, -0.15) is 13.2 Å². The summed E-state index contributed by atoms with van der Waals surface area (Å²) in [4.78, 5) is 24.0. The number of ether oxygens (including phenoxy) is 2. The molecule has 1 fully saturated rings. The fourth-order valence-corrected chi connectivity index (χ4v) is 1.32. The van der Waals surface area contributed by atoms with Crippen LogP contribution in [0.1, 0.15) is 12.0 Å². The second kappa shape index (κ2) is 9.32. The summed E-state index contributed by atoms with van der Waals surface area (Å²) in [6.07, 6.45) is -2.96. The number of hydrogen-bond donors (Lipinski definition) is 3. The minimum Gasteiger partial charge on any atom is -0.400 e. The van der Waals surface area contributed by atoms with Crippen LogP contribution in [-0.2, 0) is 15.7 Å². The Labute approximate surface area is 117 Å². The maximum absolute atomic E-state index is 11.8. The van der Waals surface area contributed by atoms with Crippen molar-refractivity contribution >= 4 is 0 Å². The Balaban J connectivity index is 0.000000377. The number of aliphatic hydroxyl groups is 1. The number of methoxy groups -OCH3 is 1. The van der Waals surface area contributed by atoms with Gasteiger partial charge in [-0.05, 0) is 6.42 Å². The van der Waals surface area contributed by atoms with Gasteiger partial charge in [0.05, 0.1) is 12.7 Å². The lowest BCUT2D eigenvalue weighted by Gasteiger charge is -2.02. The average molecular weight is 314 g/mol. The summed E-state index contributed by atoms with van der Waals surface area (Å²) in [5.41, 5.74) is -3.82. The van der Waals surface area contributed by atoms with Crippen LogP contribution >= 0.6 is 0 Å². The molecule has 0 aliphatic carbocycles. The number of nitrogens with one attached hydrogen (secondary N) is 2. The monoisotopic (exact) mass is 314 g/mol. The van der Waals surface area contributed by atoms with Crippen molar-refractivity contribution in [3.63, 3.8) is 0 Å². The van der Waals surface area contributed by atoms with Gasteiger partial charge in [0.15, 0.2) is 0 Å². The van der Waals surface area contributed by atoms with Crippen molar-refractivity contribution in [3.05, 3.63) is 32.6 Å². The summed E-state index contributed by atoms with van der Waals surface area (Å²) in [6.45, 7) is 1.66. The summed E-state index contributed by atoms with van der Waals surface area (Å²) in [6, 6.07) is 0. The number of aromatic amines is 2. The molecule has 2 rings (SSSR count). The molecule has 1 aliphatic heterocycles. The molecule has 0 spiro atoms. The zero-order valence-electron chi connectivity index (χ0n) is 11.5. The van der Waals surface area contributed by atoms with E-state index in [1.165, 1.54) is 4.98 Å². The Morgan fingerprint density at radius 1 is 1.38 bits per heavy atom. The van der Waals surface area contributed by atoms with Gasteiger partial charge in [0.1, 0.15) is 5.56 Å². The maximum Gasteiger partial charge on any atom is 0.423 e. The van der Waals surface area contributed by atoms with Crippen molar-refractivity contribution in [2.45, 2.75) is 18.7 Å². The number of alkyl halides is 3. The Morgan fingerprint density at radius 2 is 2.00 bits per heavy atom. The van der Waals surface area contributed by atoms with E-state index in [9.17, 15) is 22.8 Å². The SMILES string of the molecule is CO.COC1CCOC1.O=c1[nH]cc(C(F)(F)F)c(=O)[nH]1. The summed E-state index contributed by atoms with van der Waals surface area (Å²) >= 11 is 0. The Bertz CT molecular complexity index is 506. The number of aliphatic hydroxyl groups excluding tert-OH is 1. The fraction of sp³-hybridized carbons (Fsp3) is 0.636. The number of aromatic nitrogens is 2. The second-order valence-corrected chi connectivity index (χ2v) is 3.70. The van der Waals surface area contributed by atoms with Crippen LogP contribution in [-0.4, -0.2) is 48.6 Å². The summed E-state index contributed by atoms with van der Waals surface area (Å²) in [5.74, 6) is 0. The van der Waals surface area contributed by atoms with E-state index in [1.54, 1.807) is 12.1 Å². The molecule has 0 radical (unpaired) electrons. The Morgan fingerprint density at radius 3 is 2.33 bits per heavy atom. The average Bonchev–Trinajstić information content (AvgIpc) is 2.93. The minimum atomic E-state index is -4.74. The van der Waals surface area contributed by atoms with E-state index in [0.29, 0.717) is 12.3 Å². The molecule has 0 saturated carbocycles. The molecule has 7 nitrogen and oxygen atoms in total. The highest BCUT2D eigenvalue weighted by Gasteiger charge is 2.34. The van der Waals surface area contributed by atoms with Crippen LogP contribution in [0.5, 0.6) is 0 Å². The van der Waals surface area contributed by atoms with Crippen molar-refractivity contribution in [1.29, 1.82) is 0 Å². The van der Waals surface area contributed by atoms with E-state index in [-0.39, 0.29) is 0 Å². The van der Waals surface area contributed by atoms with Gasteiger partial charge in [0.25, 0.3) is 5.56 Å². The van der Waals surface area contributed by atoms with E-state index < -0.39 is 23.0 Å². The second-order valence-electron chi connectivity index (χ2n) is 3.70. The van der Waals surface area contributed by atoms with Gasteiger partial charge in [-0.1, -0.05) is 0 Å². The molecule has 1 saturated heterocycles. The van der Waals surface area contributed by atoms with Crippen LogP contribution in [0.25, 0.3) is 0 Å². The van der Waals surface area contributed by atoms with Gasteiger partial charge >= 0.3 is 11.9 Å². The molecule has 2 heterocycles. The largest absolute Gasteiger partial charge is 0.423 e. The Hall–Kier alpha value is -1.65. The third kappa shape index (κ3) is 7.06. The zero-order valence-corrected chi connectivity index (χ0v) is 11.5. The van der Waals surface area contributed by atoms with Crippen LogP contribution in [0.2, 0.25) is 0 Å². The molecule has 1 unspecified atom stereocenters. The van der Waals surface area contributed by atoms with E-state index in [2.05, 4.69) is 0 Å². The maximum atomic E-state index is 11.8. The van der Waals surface area contributed by atoms with Gasteiger partial charge in [-0.25, -0.2) is 4.79 Å². The minimum absolute atomic E-state index is 0.334. The summed E-state index contributed by atoms with van der Waals surface area (Å²) < 4.78 is 45.5. The van der Waals surface area contributed by atoms with Crippen molar-refractivity contribution in [2.75, 3.05) is 27.4 Å². The molecule has 1 aromatic heterocycles. The van der Waals surface area contributed by atoms with E-state index in [1.807, 2.05) is 0 Å². The van der Waals surface area contributed by atoms with Gasteiger partial charge in [-0.15, -0.1) is 0 Å². The van der Waals surface area contributed by atoms with Gasteiger partial charge in [0.2, 0.25) is 0 Å². The van der Waals surface area contributed by atoms with Crippen LogP contribution in [0.3, 0.4) is 0 Å². The van der Waals surface area contributed by atoms with E-state index in [4.69, 9.17) is 14.6 Å². The number of hydrogen-bond acceptors (Lipinski definition) is 5. The molecule has 3 N–H and O–H groups in total. The van der Waals surface area contributed by atoms with Gasteiger partial charge in [0, 0.05) is 27.0 Å². The number of halogens is 3. The quantitative estimate of drug-likeness (QED) is 0.682. The van der Waals surface area contributed by atoms with Crippen molar-refractivity contribution in [3.8, 4) is 0 Å². The summed E-state index contributed by atoms with van der Waals surface area (Å²) in [7, 11) is 2.72. The lowest BCUT2D eigenvalue weighted by atomic mass is 10.3. The molecule has 0 amide bonds. The summed E-state index contributed by atoms with van der Waals surface area (Å²) in [5, 5.41) is 7.00. The molecule has 21 heavy (non-hydrogen) atoms. The molecular formula is C11H17F3N2O5. The van der Waals surface area contributed by atoms with E-state index in [0.717, 1.165) is 26.7 Å². The third-order valence-corrected chi connectivity index (χ3v) is 2.35. The predicted molar refractivity (Wildman–Crippen MR) is 67.1 cm³/mol. The predicted octanol–water partition coefficient (Wildman–Crippen LogP) is 0.112. The molecule has 1 aliphatic rings. The molecule has 122 valence electrons. The number of H-pyrrole nitrogens is 2. The van der Waals surface area contributed by atoms with E-state index >= 15 is 0 Å².